The van der Waals surface area contributed by atoms with Gasteiger partial charge < -0.3 is 18.3 Å². The lowest BCUT2D eigenvalue weighted by atomic mass is 10.1. The van der Waals surface area contributed by atoms with Gasteiger partial charge in [0.2, 0.25) is 0 Å². The van der Waals surface area contributed by atoms with E-state index in [-0.39, 0.29) is 0 Å². The van der Waals surface area contributed by atoms with E-state index < -0.39 is 0 Å². The Hall–Kier alpha value is -10.4. The van der Waals surface area contributed by atoms with Crippen LogP contribution < -0.4 is 0 Å². The Morgan fingerprint density at radius 3 is 1.03 bits per heavy atom. The second-order valence-electron chi connectivity index (χ2n) is 24.0. The van der Waals surface area contributed by atoms with Crippen LogP contribution in [0.15, 0.2) is 243 Å². The highest BCUT2D eigenvalue weighted by atomic mass is 15.0. The SMILES string of the molecule is CC.CC.CC.CC.CC.CC.CC.CC.CC.CC.CC.CC.Cc1ccc2c(c1)c1ccccc1n2C.Cc1ccc2c3ccccc3n(C)c2c1.Cc1cccc(C)n1.Cc1cccc2c1c1ccccc1n2C.Cc1cccc2c3ccccc3n(C)c12.Cc1cccnc1C.Cc1ccnc(C)c1.Cc1ccncc1C. The monoisotopic (exact) mass is 1570 g/mol. The van der Waals surface area contributed by atoms with Gasteiger partial charge in [0, 0.05) is 157 Å². The van der Waals surface area contributed by atoms with E-state index in [1.165, 1.54) is 132 Å². The van der Waals surface area contributed by atoms with Crippen molar-refractivity contribution >= 4 is 87.2 Å². The van der Waals surface area contributed by atoms with Crippen molar-refractivity contribution < 1.29 is 0 Å². The van der Waals surface area contributed by atoms with Crippen LogP contribution in [0.3, 0.4) is 0 Å². The summed E-state index contributed by atoms with van der Waals surface area (Å²) >= 11 is 0. The van der Waals surface area contributed by atoms with Crippen LogP contribution >= 0.6 is 0 Å². The Morgan fingerprint density at radius 2 is 0.586 bits per heavy atom. The molecule has 632 valence electrons. The molecule has 0 aliphatic heterocycles. The third kappa shape index (κ3) is 34.6. The summed E-state index contributed by atoms with van der Waals surface area (Å²) in [5.74, 6) is 0. The standard InChI is InChI=1S/4C14H13N.4C7H9N.12C2H6/c1-10-6-5-8-12-11-7-3-4-9-13(11)15(2)14(10)12;1-10-6-5-9-13-14(10)11-7-3-4-8-12(11)15(13)2;1-10-7-8-14-12(9-10)11-5-3-4-6-13(11)15(14)2;1-10-7-8-12-11-5-3-4-6-13(11)15(2)14(12)9-10;1-6-3-4-8-5-7(6)2;1-6-3-4-8-7(2)5-6;1-6-4-3-5-8-7(6)2;1-6-4-3-5-7(2)8-6;12*1-2/h4*3-9H,1-2H3;4*3-5H,1-2H3;12*1-2H3. The molecule has 0 atom stereocenters. The first-order chi connectivity index (χ1) is 56.3. The number of aryl methyl sites for hydroxylation is 16. The number of aromatic nitrogens is 8. The van der Waals surface area contributed by atoms with Crippen LogP contribution in [0.1, 0.15) is 233 Å². The fourth-order valence-electron chi connectivity index (χ4n) is 11.9. The molecule has 0 saturated carbocycles. The number of para-hydroxylation sites is 5. The minimum atomic E-state index is 1.09. The first-order valence-corrected chi connectivity index (χ1v) is 43.6. The summed E-state index contributed by atoms with van der Waals surface area (Å²) in [4.78, 5) is 16.2. The van der Waals surface area contributed by atoms with Gasteiger partial charge in [0.15, 0.2) is 0 Å². The largest absolute Gasteiger partial charge is 0.344 e. The van der Waals surface area contributed by atoms with Crippen molar-refractivity contribution in [2.75, 3.05) is 0 Å². The zero-order valence-electron chi connectivity index (χ0n) is 80.7. The zero-order valence-corrected chi connectivity index (χ0v) is 80.7. The minimum Gasteiger partial charge on any atom is -0.344 e. The van der Waals surface area contributed by atoms with Gasteiger partial charge in [-0.15, -0.1) is 0 Å². The molecule has 8 aromatic carbocycles. The maximum atomic E-state index is 4.17. The third-order valence-corrected chi connectivity index (χ3v) is 17.1. The first kappa shape index (κ1) is 112. The summed E-state index contributed by atoms with van der Waals surface area (Å²) in [6.07, 6.45) is 7.31. The molecule has 0 aliphatic rings. The van der Waals surface area contributed by atoms with Gasteiger partial charge in [0.25, 0.3) is 0 Å². The molecular weight excluding hydrogens is 1410 g/mol. The van der Waals surface area contributed by atoms with Crippen LogP contribution in [-0.4, -0.2) is 38.2 Å². The molecule has 0 N–H and O–H groups in total. The summed E-state index contributed by atoms with van der Waals surface area (Å²) in [7, 11) is 8.52. The Bertz CT molecular complexity index is 4960. The topological polar surface area (TPSA) is 71.3 Å². The van der Waals surface area contributed by atoms with E-state index in [1.54, 1.807) is 0 Å². The van der Waals surface area contributed by atoms with Gasteiger partial charge in [-0.3, -0.25) is 19.9 Å². The third-order valence-electron chi connectivity index (χ3n) is 17.1. The zero-order chi connectivity index (χ0) is 89.6. The van der Waals surface area contributed by atoms with E-state index in [4.69, 9.17) is 0 Å². The van der Waals surface area contributed by atoms with Crippen LogP contribution in [0.2, 0.25) is 0 Å². The number of rotatable bonds is 0. The van der Waals surface area contributed by atoms with E-state index in [2.05, 4.69) is 304 Å². The quantitative estimate of drug-likeness (QED) is 0.152. The molecule has 16 rings (SSSR count). The molecule has 0 spiro atoms. The highest BCUT2D eigenvalue weighted by Gasteiger charge is 2.11. The van der Waals surface area contributed by atoms with E-state index in [0.717, 1.165) is 22.8 Å². The molecule has 8 aromatic heterocycles. The predicted octanol–water partition coefficient (Wildman–Crippen LogP) is 33.7. The molecule has 0 radical (unpaired) electrons. The van der Waals surface area contributed by atoms with Crippen molar-refractivity contribution in [1.29, 1.82) is 0 Å². The summed E-state index contributed by atoms with van der Waals surface area (Å²) in [6.45, 7) is 72.9. The summed E-state index contributed by atoms with van der Waals surface area (Å²) < 4.78 is 9.06. The smallest absolute Gasteiger partial charge is 0.0518 e. The Balaban J connectivity index is -0.000000602. The van der Waals surface area contributed by atoms with E-state index in [9.17, 15) is 0 Å². The van der Waals surface area contributed by atoms with Gasteiger partial charge in [-0.05, 0) is 207 Å². The average molecular weight is 1570 g/mol. The highest BCUT2D eigenvalue weighted by Crippen LogP contribution is 2.33. The number of nitrogens with zero attached hydrogens (tertiary/aromatic N) is 8. The first-order valence-electron chi connectivity index (χ1n) is 43.6. The lowest BCUT2D eigenvalue weighted by molar-refractivity contribution is 1.01. The van der Waals surface area contributed by atoms with Crippen LogP contribution in [0, 0.1) is 83.1 Å². The number of fused-ring (bicyclic) bond motifs is 12. The van der Waals surface area contributed by atoms with Crippen molar-refractivity contribution in [3.05, 3.63) is 310 Å². The summed E-state index contributed by atoms with van der Waals surface area (Å²) in [5, 5.41) is 10.8. The normalized spacial score (nSPS) is 9.03. The maximum absolute atomic E-state index is 4.17. The Kier molecular flexibility index (Phi) is 64.4. The molecule has 0 fully saturated rings. The highest BCUT2D eigenvalue weighted by molar-refractivity contribution is 6.11. The van der Waals surface area contributed by atoms with Gasteiger partial charge in [-0.1, -0.05) is 305 Å². The lowest BCUT2D eigenvalue weighted by Crippen LogP contribution is -1.88. The van der Waals surface area contributed by atoms with Gasteiger partial charge in [-0.25, -0.2) is 0 Å². The number of pyridine rings is 4. The van der Waals surface area contributed by atoms with Gasteiger partial charge in [0.1, 0.15) is 0 Å². The molecule has 8 heteroatoms. The number of hydrogen-bond donors (Lipinski definition) is 0. The molecule has 8 heterocycles. The Morgan fingerprint density at radius 1 is 0.216 bits per heavy atom. The molecule has 0 amide bonds. The molecule has 0 bridgehead atoms. The minimum absolute atomic E-state index is 1.09. The van der Waals surface area contributed by atoms with Gasteiger partial charge in [-0.2, -0.15) is 0 Å². The van der Waals surface area contributed by atoms with Crippen molar-refractivity contribution in [1.82, 2.24) is 38.2 Å². The van der Waals surface area contributed by atoms with Crippen LogP contribution in [0.4, 0.5) is 0 Å². The molecular formula is C108H160N8. The number of hydrogen-bond acceptors (Lipinski definition) is 4. The summed E-state index contributed by atoms with van der Waals surface area (Å²) in [5.41, 5.74) is 25.3. The molecule has 0 saturated heterocycles. The molecule has 116 heavy (non-hydrogen) atoms. The van der Waals surface area contributed by atoms with Crippen molar-refractivity contribution in [2.24, 2.45) is 28.2 Å². The fraction of sp³-hybridized carbons (Fsp3) is 0.370. The van der Waals surface area contributed by atoms with Crippen LogP contribution in [0.25, 0.3) is 87.2 Å². The molecule has 8 nitrogen and oxygen atoms in total. The average Bonchev–Trinajstić information content (AvgIpc) is 1.63. The van der Waals surface area contributed by atoms with Crippen molar-refractivity contribution in [3.8, 4) is 0 Å². The Labute approximate surface area is 709 Å². The predicted molar refractivity (Wildman–Crippen MR) is 532 cm³/mol. The van der Waals surface area contributed by atoms with Gasteiger partial charge in [0.05, 0.1) is 5.52 Å². The van der Waals surface area contributed by atoms with Crippen molar-refractivity contribution in [2.45, 2.75) is 249 Å². The second-order valence-corrected chi connectivity index (χ2v) is 24.0. The molecule has 0 aliphatic carbocycles. The molecule has 16 aromatic rings. The molecule has 0 unspecified atom stereocenters. The van der Waals surface area contributed by atoms with Crippen LogP contribution in [0.5, 0.6) is 0 Å². The summed E-state index contributed by atoms with van der Waals surface area (Å²) in [6, 6.07) is 76.5. The van der Waals surface area contributed by atoms with Crippen LogP contribution in [-0.2, 0) is 28.2 Å². The van der Waals surface area contributed by atoms with Gasteiger partial charge >= 0.3 is 0 Å². The lowest BCUT2D eigenvalue weighted by Gasteiger charge is -2.00. The fourth-order valence-corrected chi connectivity index (χ4v) is 11.9. The number of benzene rings is 8. The maximum Gasteiger partial charge on any atom is 0.0518 e. The van der Waals surface area contributed by atoms with E-state index in [0.29, 0.717) is 0 Å². The second kappa shape index (κ2) is 66.8. The van der Waals surface area contributed by atoms with E-state index in [1.807, 2.05) is 255 Å². The van der Waals surface area contributed by atoms with Crippen molar-refractivity contribution in [3.63, 3.8) is 0 Å². The van der Waals surface area contributed by atoms with E-state index >= 15 is 0 Å².